The van der Waals surface area contributed by atoms with Crippen LogP contribution in [0.3, 0.4) is 0 Å². The van der Waals surface area contributed by atoms with Crippen LogP contribution in [0.2, 0.25) is 0 Å². The van der Waals surface area contributed by atoms with E-state index in [1.54, 1.807) is 16.4 Å². The van der Waals surface area contributed by atoms with Gasteiger partial charge in [0.2, 0.25) is 10.0 Å². The van der Waals surface area contributed by atoms with Crippen LogP contribution >= 0.6 is 0 Å². The third-order valence-corrected chi connectivity index (χ3v) is 6.13. The van der Waals surface area contributed by atoms with Crippen molar-refractivity contribution in [1.82, 2.24) is 4.31 Å². The van der Waals surface area contributed by atoms with Crippen LogP contribution in [0.15, 0.2) is 23.1 Å². The van der Waals surface area contributed by atoms with Gasteiger partial charge in [-0.3, -0.25) is 0 Å². The zero-order valence-corrected chi connectivity index (χ0v) is 14.0. The molecule has 0 amide bonds. The highest BCUT2D eigenvalue weighted by molar-refractivity contribution is 7.89. The largest absolute Gasteiger partial charge is 0.326 e. The number of sulfonamides is 1. The molecule has 0 spiro atoms. The van der Waals surface area contributed by atoms with Crippen molar-refractivity contribution in [3.63, 3.8) is 0 Å². The van der Waals surface area contributed by atoms with Gasteiger partial charge in [0.25, 0.3) is 0 Å². The summed E-state index contributed by atoms with van der Waals surface area (Å²) in [6.07, 6.45) is 3.14. The van der Waals surface area contributed by atoms with E-state index in [9.17, 15) is 8.42 Å². The molecule has 2 N–H and O–H groups in total. The van der Waals surface area contributed by atoms with Gasteiger partial charge in [0.05, 0.1) is 4.90 Å². The molecule has 0 atom stereocenters. The topological polar surface area (TPSA) is 63.4 Å². The van der Waals surface area contributed by atoms with Gasteiger partial charge in [0.1, 0.15) is 0 Å². The van der Waals surface area contributed by atoms with Gasteiger partial charge >= 0.3 is 0 Å². The summed E-state index contributed by atoms with van der Waals surface area (Å²) < 4.78 is 27.4. The number of rotatable bonds is 7. The standard InChI is InChI=1S/C16H26N2O2S/c1-4-14-7-8-16(9-15(14)10-17)21(19,20)18(12(2)3)11-13-5-6-13/h7-9,12-13H,4-6,10-11,17H2,1-3H3. The van der Waals surface area contributed by atoms with Crippen molar-refractivity contribution >= 4 is 10.0 Å². The highest BCUT2D eigenvalue weighted by Crippen LogP contribution is 2.32. The van der Waals surface area contributed by atoms with Gasteiger partial charge in [0.15, 0.2) is 0 Å². The van der Waals surface area contributed by atoms with E-state index in [0.29, 0.717) is 23.9 Å². The average molecular weight is 310 g/mol. The van der Waals surface area contributed by atoms with Crippen LogP contribution in [0.5, 0.6) is 0 Å². The van der Waals surface area contributed by atoms with Gasteiger partial charge in [-0.25, -0.2) is 8.42 Å². The molecule has 21 heavy (non-hydrogen) atoms. The van der Waals surface area contributed by atoms with Crippen molar-refractivity contribution in [2.75, 3.05) is 6.54 Å². The molecule has 1 fully saturated rings. The second-order valence-corrected chi connectivity index (χ2v) is 7.99. The Labute approximate surface area is 128 Å². The lowest BCUT2D eigenvalue weighted by Gasteiger charge is -2.26. The summed E-state index contributed by atoms with van der Waals surface area (Å²) in [5.41, 5.74) is 7.80. The maximum absolute atomic E-state index is 12.9. The lowest BCUT2D eigenvalue weighted by Crippen LogP contribution is -2.38. The molecule has 118 valence electrons. The van der Waals surface area contributed by atoms with E-state index in [1.165, 1.54) is 0 Å². The SMILES string of the molecule is CCc1ccc(S(=O)(=O)N(CC2CC2)C(C)C)cc1CN. The van der Waals surface area contributed by atoms with Crippen LogP contribution in [0.25, 0.3) is 0 Å². The van der Waals surface area contributed by atoms with E-state index in [2.05, 4.69) is 6.92 Å². The van der Waals surface area contributed by atoms with Crippen molar-refractivity contribution in [1.29, 1.82) is 0 Å². The number of nitrogens with two attached hydrogens (primary N) is 1. The summed E-state index contributed by atoms with van der Waals surface area (Å²) in [6.45, 7) is 6.93. The smallest absolute Gasteiger partial charge is 0.243 e. The third-order valence-electron chi connectivity index (χ3n) is 4.10. The van der Waals surface area contributed by atoms with E-state index < -0.39 is 10.0 Å². The lowest BCUT2D eigenvalue weighted by molar-refractivity contribution is 0.341. The van der Waals surface area contributed by atoms with Crippen molar-refractivity contribution in [3.8, 4) is 0 Å². The van der Waals surface area contributed by atoms with Gasteiger partial charge < -0.3 is 5.73 Å². The van der Waals surface area contributed by atoms with Gasteiger partial charge in [-0.05, 0) is 62.3 Å². The van der Waals surface area contributed by atoms with Crippen LogP contribution in [-0.4, -0.2) is 25.3 Å². The zero-order chi connectivity index (χ0) is 15.6. The Morgan fingerprint density at radius 2 is 1.95 bits per heavy atom. The maximum atomic E-state index is 12.9. The predicted octanol–water partition coefficient (Wildman–Crippen LogP) is 2.52. The minimum absolute atomic E-state index is 0.0252. The Hall–Kier alpha value is -0.910. The summed E-state index contributed by atoms with van der Waals surface area (Å²) in [7, 11) is -3.44. The Balaban J connectivity index is 2.36. The second kappa shape index (κ2) is 6.46. The monoisotopic (exact) mass is 310 g/mol. The Bertz CT molecular complexity index is 592. The van der Waals surface area contributed by atoms with Crippen LogP contribution < -0.4 is 5.73 Å². The third kappa shape index (κ3) is 3.65. The van der Waals surface area contributed by atoms with Crippen LogP contribution in [0.1, 0.15) is 44.7 Å². The first-order valence-corrected chi connectivity index (χ1v) is 9.17. The molecular formula is C16H26N2O2S. The van der Waals surface area contributed by atoms with Gasteiger partial charge in [0, 0.05) is 19.1 Å². The lowest BCUT2D eigenvalue weighted by atomic mass is 10.1. The minimum Gasteiger partial charge on any atom is -0.326 e. The summed E-state index contributed by atoms with van der Waals surface area (Å²) in [6, 6.07) is 5.33. The van der Waals surface area contributed by atoms with Crippen molar-refractivity contribution in [3.05, 3.63) is 29.3 Å². The highest BCUT2D eigenvalue weighted by atomic mass is 32.2. The molecule has 0 aliphatic heterocycles. The van der Waals surface area contributed by atoms with Crippen LogP contribution in [0, 0.1) is 5.92 Å². The summed E-state index contributed by atoms with van der Waals surface area (Å²) in [5, 5.41) is 0. The molecule has 0 aromatic heterocycles. The molecule has 1 aromatic rings. The van der Waals surface area contributed by atoms with Crippen molar-refractivity contribution in [2.24, 2.45) is 11.7 Å². The molecule has 0 heterocycles. The molecule has 1 aliphatic rings. The molecule has 0 saturated heterocycles. The molecule has 5 heteroatoms. The van der Waals surface area contributed by atoms with Gasteiger partial charge in [-0.15, -0.1) is 0 Å². The highest BCUT2D eigenvalue weighted by Gasteiger charge is 2.33. The summed E-state index contributed by atoms with van der Waals surface area (Å²) in [4.78, 5) is 0.370. The van der Waals surface area contributed by atoms with E-state index in [-0.39, 0.29) is 6.04 Å². The van der Waals surface area contributed by atoms with E-state index in [4.69, 9.17) is 5.73 Å². The molecule has 1 aliphatic carbocycles. The normalized spacial score (nSPS) is 15.9. The first-order chi connectivity index (χ1) is 9.90. The van der Waals surface area contributed by atoms with Crippen LogP contribution in [0.4, 0.5) is 0 Å². The zero-order valence-electron chi connectivity index (χ0n) is 13.2. The molecular weight excluding hydrogens is 284 g/mol. The molecule has 2 rings (SSSR count). The molecule has 4 nitrogen and oxygen atoms in total. The van der Waals surface area contributed by atoms with Gasteiger partial charge in [-0.1, -0.05) is 13.0 Å². The number of nitrogens with zero attached hydrogens (tertiary/aromatic N) is 1. The quantitative estimate of drug-likeness (QED) is 0.841. The van der Waals surface area contributed by atoms with Crippen molar-refractivity contribution in [2.45, 2.75) is 57.5 Å². The number of hydrogen-bond acceptors (Lipinski definition) is 3. The van der Waals surface area contributed by atoms with E-state index in [0.717, 1.165) is 30.4 Å². The molecule has 0 bridgehead atoms. The molecule has 1 aromatic carbocycles. The van der Waals surface area contributed by atoms with Crippen LogP contribution in [-0.2, 0) is 23.0 Å². The molecule has 1 saturated carbocycles. The Morgan fingerprint density at radius 3 is 2.43 bits per heavy atom. The fourth-order valence-corrected chi connectivity index (χ4v) is 4.34. The average Bonchev–Trinajstić information content (AvgIpc) is 3.27. The fourth-order valence-electron chi connectivity index (χ4n) is 2.57. The first-order valence-electron chi connectivity index (χ1n) is 7.73. The maximum Gasteiger partial charge on any atom is 0.243 e. The predicted molar refractivity (Wildman–Crippen MR) is 85.5 cm³/mol. The summed E-state index contributed by atoms with van der Waals surface area (Å²) in [5.74, 6) is 0.533. The minimum atomic E-state index is -3.44. The number of aryl methyl sites for hydroxylation is 1. The van der Waals surface area contributed by atoms with Gasteiger partial charge in [-0.2, -0.15) is 4.31 Å². The molecule has 0 radical (unpaired) electrons. The fraction of sp³-hybridized carbons (Fsp3) is 0.625. The number of benzene rings is 1. The second-order valence-electron chi connectivity index (χ2n) is 6.10. The Kier molecular flexibility index (Phi) is 5.07. The first kappa shape index (κ1) is 16.5. The van der Waals surface area contributed by atoms with E-state index >= 15 is 0 Å². The molecule has 0 unspecified atom stereocenters. The number of hydrogen-bond donors (Lipinski definition) is 1. The Morgan fingerprint density at radius 1 is 1.29 bits per heavy atom. The summed E-state index contributed by atoms with van der Waals surface area (Å²) >= 11 is 0. The van der Waals surface area contributed by atoms with Crippen molar-refractivity contribution < 1.29 is 8.42 Å². The van der Waals surface area contributed by atoms with E-state index in [1.807, 2.05) is 19.9 Å².